The Hall–Kier alpha value is -1.10. The molecule has 1 heterocycles. The van der Waals surface area contributed by atoms with Crippen LogP contribution in [-0.2, 0) is 19.1 Å². The van der Waals surface area contributed by atoms with E-state index in [-0.39, 0.29) is 30.3 Å². The molecule has 1 fully saturated rings. The summed E-state index contributed by atoms with van der Waals surface area (Å²) in [4.78, 5) is 24.2. The highest BCUT2D eigenvalue weighted by Crippen LogP contribution is 2.22. The van der Waals surface area contributed by atoms with Gasteiger partial charge in [0.25, 0.3) is 0 Å². The minimum absolute atomic E-state index is 0.0668. The van der Waals surface area contributed by atoms with Crippen LogP contribution in [0.25, 0.3) is 0 Å². The van der Waals surface area contributed by atoms with E-state index in [4.69, 9.17) is 4.74 Å². The van der Waals surface area contributed by atoms with Gasteiger partial charge in [0.1, 0.15) is 6.73 Å². The molecular formula is C10H17NO4. The molecule has 5 nitrogen and oxygen atoms in total. The van der Waals surface area contributed by atoms with Crippen molar-refractivity contribution < 1.29 is 19.1 Å². The first-order chi connectivity index (χ1) is 6.97. The average Bonchev–Trinajstić information content (AvgIpc) is 2.53. The van der Waals surface area contributed by atoms with E-state index in [1.54, 1.807) is 4.90 Å². The Morgan fingerprint density at radius 1 is 1.40 bits per heavy atom. The van der Waals surface area contributed by atoms with Crippen LogP contribution in [0.5, 0.6) is 0 Å². The fraction of sp³-hybridized carbons (Fsp3) is 0.800. The van der Waals surface area contributed by atoms with Crippen molar-refractivity contribution in [1.29, 1.82) is 0 Å². The molecule has 0 bridgehead atoms. The number of methoxy groups -OCH3 is 1. The third kappa shape index (κ3) is 2.92. The van der Waals surface area contributed by atoms with Crippen LogP contribution < -0.4 is 0 Å². The summed E-state index contributed by atoms with van der Waals surface area (Å²) in [7, 11) is 1.32. The molecule has 5 heteroatoms. The molecule has 0 radical (unpaired) electrons. The summed E-state index contributed by atoms with van der Waals surface area (Å²) in [6, 6.07) is 0. The number of hydrogen-bond donors (Lipinski definition) is 0. The monoisotopic (exact) mass is 215 g/mol. The zero-order valence-corrected chi connectivity index (χ0v) is 9.41. The van der Waals surface area contributed by atoms with Crippen molar-refractivity contribution in [3.63, 3.8) is 0 Å². The zero-order valence-electron chi connectivity index (χ0n) is 9.41. The molecular weight excluding hydrogens is 198 g/mol. The van der Waals surface area contributed by atoms with Crippen LogP contribution in [0.15, 0.2) is 0 Å². The predicted molar refractivity (Wildman–Crippen MR) is 53.0 cm³/mol. The van der Waals surface area contributed by atoms with Crippen LogP contribution in [-0.4, -0.2) is 42.8 Å². The fourth-order valence-electron chi connectivity index (χ4n) is 1.49. The van der Waals surface area contributed by atoms with E-state index in [0.29, 0.717) is 13.3 Å². The van der Waals surface area contributed by atoms with E-state index in [0.717, 1.165) is 0 Å². The molecule has 15 heavy (non-hydrogen) atoms. The molecule has 0 atom stereocenters. The lowest BCUT2D eigenvalue weighted by atomic mass is 10.1. The van der Waals surface area contributed by atoms with Crippen LogP contribution in [0.2, 0.25) is 0 Å². The second kappa shape index (κ2) is 4.61. The Kier molecular flexibility index (Phi) is 3.68. The van der Waals surface area contributed by atoms with E-state index in [9.17, 15) is 9.59 Å². The maximum absolute atomic E-state index is 11.7. The third-order valence-electron chi connectivity index (χ3n) is 2.48. The summed E-state index contributed by atoms with van der Waals surface area (Å²) in [5.74, 6) is -0.427. The van der Waals surface area contributed by atoms with E-state index in [2.05, 4.69) is 4.74 Å². The maximum atomic E-state index is 11.7. The van der Waals surface area contributed by atoms with Crippen molar-refractivity contribution in [2.45, 2.75) is 32.2 Å². The van der Waals surface area contributed by atoms with Gasteiger partial charge in [0.05, 0.1) is 25.7 Å². The molecule has 0 unspecified atom stereocenters. The number of ether oxygens (including phenoxy) is 2. The van der Waals surface area contributed by atoms with Gasteiger partial charge in [-0.2, -0.15) is 0 Å². The minimum Gasteiger partial charge on any atom is -0.469 e. The Bertz CT molecular complexity index is 262. The average molecular weight is 215 g/mol. The summed E-state index contributed by atoms with van der Waals surface area (Å²) in [5, 5.41) is 0. The van der Waals surface area contributed by atoms with Gasteiger partial charge in [-0.15, -0.1) is 0 Å². The largest absolute Gasteiger partial charge is 0.469 e. The number of nitrogens with zero attached hydrogens (tertiary/aromatic N) is 1. The standard InChI is InChI=1S/C10H17NO4/c1-10(2)6-15-7-11(10)8(12)4-5-9(13)14-3/h4-7H2,1-3H3. The van der Waals surface area contributed by atoms with Gasteiger partial charge < -0.3 is 14.4 Å². The Morgan fingerprint density at radius 2 is 2.07 bits per heavy atom. The fourth-order valence-corrected chi connectivity index (χ4v) is 1.49. The highest BCUT2D eigenvalue weighted by molar-refractivity contribution is 5.81. The first kappa shape index (κ1) is 12.0. The number of esters is 1. The lowest BCUT2D eigenvalue weighted by Gasteiger charge is -2.28. The van der Waals surface area contributed by atoms with Crippen LogP contribution in [0.1, 0.15) is 26.7 Å². The lowest BCUT2D eigenvalue weighted by Crippen LogP contribution is -2.44. The number of amides is 1. The molecule has 0 aliphatic carbocycles. The van der Waals surface area contributed by atoms with Gasteiger partial charge in [0, 0.05) is 6.42 Å². The molecule has 1 amide bonds. The van der Waals surface area contributed by atoms with E-state index in [1.807, 2.05) is 13.8 Å². The molecule has 0 aromatic heterocycles. The van der Waals surface area contributed by atoms with Crippen LogP contribution in [0.4, 0.5) is 0 Å². The molecule has 1 saturated heterocycles. The molecule has 0 spiro atoms. The van der Waals surface area contributed by atoms with Gasteiger partial charge in [0.15, 0.2) is 0 Å². The summed E-state index contributed by atoms with van der Waals surface area (Å²) >= 11 is 0. The molecule has 1 aliphatic heterocycles. The first-order valence-corrected chi connectivity index (χ1v) is 4.92. The number of rotatable bonds is 3. The first-order valence-electron chi connectivity index (χ1n) is 4.92. The van der Waals surface area contributed by atoms with Crippen LogP contribution >= 0.6 is 0 Å². The van der Waals surface area contributed by atoms with Crippen molar-refractivity contribution in [2.24, 2.45) is 0 Å². The predicted octanol–water partition coefficient (Wildman–Crippen LogP) is 0.534. The van der Waals surface area contributed by atoms with E-state index in [1.165, 1.54) is 7.11 Å². The van der Waals surface area contributed by atoms with Crippen molar-refractivity contribution in [2.75, 3.05) is 20.4 Å². The molecule has 1 rings (SSSR count). The minimum atomic E-state index is -0.360. The Morgan fingerprint density at radius 3 is 2.53 bits per heavy atom. The molecule has 86 valence electrons. The van der Waals surface area contributed by atoms with Crippen LogP contribution in [0.3, 0.4) is 0 Å². The van der Waals surface area contributed by atoms with E-state index < -0.39 is 0 Å². The second-order valence-corrected chi connectivity index (χ2v) is 4.19. The highest BCUT2D eigenvalue weighted by atomic mass is 16.5. The van der Waals surface area contributed by atoms with Crippen molar-refractivity contribution >= 4 is 11.9 Å². The Balaban J connectivity index is 2.44. The topological polar surface area (TPSA) is 55.8 Å². The van der Waals surface area contributed by atoms with Gasteiger partial charge in [-0.25, -0.2) is 0 Å². The lowest BCUT2D eigenvalue weighted by molar-refractivity contribution is -0.144. The summed E-state index contributed by atoms with van der Waals surface area (Å²) in [5.41, 5.74) is -0.271. The van der Waals surface area contributed by atoms with Crippen molar-refractivity contribution in [3.05, 3.63) is 0 Å². The van der Waals surface area contributed by atoms with Gasteiger partial charge in [-0.3, -0.25) is 9.59 Å². The highest BCUT2D eigenvalue weighted by Gasteiger charge is 2.36. The van der Waals surface area contributed by atoms with E-state index >= 15 is 0 Å². The van der Waals surface area contributed by atoms with Gasteiger partial charge in [0.2, 0.25) is 5.91 Å². The molecule has 0 aromatic rings. The smallest absolute Gasteiger partial charge is 0.306 e. The van der Waals surface area contributed by atoms with Crippen molar-refractivity contribution in [3.8, 4) is 0 Å². The molecule has 0 N–H and O–H groups in total. The normalized spacial score (nSPS) is 19.0. The Labute approximate surface area is 89.3 Å². The SMILES string of the molecule is COC(=O)CCC(=O)N1COCC1(C)C. The third-order valence-corrected chi connectivity index (χ3v) is 2.48. The quantitative estimate of drug-likeness (QED) is 0.644. The molecule has 0 saturated carbocycles. The van der Waals surface area contributed by atoms with Gasteiger partial charge in [-0.05, 0) is 13.8 Å². The number of hydrogen-bond acceptors (Lipinski definition) is 4. The number of carbonyl (C=O) groups excluding carboxylic acids is 2. The summed E-state index contributed by atoms with van der Waals surface area (Å²) in [6.07, 6.45) is 0.307. The zero-order chi connectivity index (χ0) is 11.5. The van der Waals surface area contributed by atoms with Crippen molar-refractivity contribution in [1.82, 2.24) is 4.90 Å². The maximum Gasteiger partial charge on any atom is 0.306 e. The molecule has 1 aliphatic rings. The van der Waals surface area contributed by atoms with Gasteiger partial charge in [-0.1, -0.05) is 0 Å². The van der Waals surface area contributed by atoms with Gasteiger partial charge >= 0.3 is 5.97 Å². The van der Waals surface area contributed by atoms with Crippen LogP contribution in [0, 0.1) is 0 Å². The molecule has 0 aromatic carbocycles. The summed E-state index contributed by atoms with van der Waals surface area (Å²) < 4.78 is 9.69. The number of carbonyl (C=O) groups is 2. The second-order valence-electron chi connectivity index (χ2n) is 4.19. The summed E-state index contributed by atoms with van der Waals surface area (Å²) in [6.45, 7) is 4.73.